The van der Waals surface area contributed by atoms with Crippen molar-refractivity contribution in [1.29, 1.82) is 0 Å². The normalized spacial score (nSPS) is 10.4. The molecule has 0 aromatic carbocycles. The molecule has 0 aliphatic rings. The highest BCUT2D eigenvalue weighted by Crippen LogP contribution is 2.18. The standard InChI is InChI=1S/C11H16O2S/c1-3-10-6-7-11(14-10)5-4-9(12)8-13-2/h6-7H,3-5,8H2,1-2H3. The van der Waals surface area contributed by atoms with Crippen molar-refractivity contribution < 1.29 is 9.53 Å². The van der Waals surface area contributed by atoms with E-state index in [1.807, 2.05) is 0 Å². The van der Waals surface area contributed by atoms with Gasteiger partial charge in [0.2, 0.25) is 0 Å². The van der Waals surface area contributed by atoms with Crippen molar-refractivity contribution in [3.63, 3.8) is 0 Å². The number of Topliss-reactive ketones (excluding diaryl/α,β-unsaturated/α-hetero) is 1. The number of rotatable bonds is 6. The van der Waals surface area contributed by atoms with Crippen LogP contribution in [0.2, 0.25) is 0 Å². The molecular weight excluding hydrogens is 196 g/mol. The first-order chi connectivity index (χ1) is 6.76. The second-order valence-electron chi connectivity index (χ2n) is 3.19. The maximum atomic E-state index is 11.2. The first-order valence-corrected chi connectivity index (χ1v) is 5.66. The van der Waals surface area contributed by atoms with E-state index in [9.17, 15) is 4.79 Å². The van der Waals surface area contributed by atoms with Gasteiger partial charge in [0, 0.05) is 23.3 Å². The minimum atomic E-state index is 0.180. The lowest BCUT2D eigenvalue weighted by molar-refractivity contribution is -0.122. The Balaban J connectivity index is 2.34. The molecule has 0 bridgehead atoms. The van der Waals surface area contributed by atoms with E-state index in [0.29, 0.717) is 6.42 Å². The third-order valence-electron chi connectivity index (χ3n) is 2.02. The number of carbonyl (C=O) groups excluding carboxylic acids is 1. The predicted molar refractivity (Wildman–Crippen MR) is 58.9 cm³/mol. The molecule has 0 fully saturated rings. The Hall–Kier alpha value is -0.670. The lowest BCUT2D eigenvalue weighted by Gasteiger charge is -1.97. The second-order valence-corrected chi connectivity index (χ2v) is 4.45. The summed E-state index contributed by atoms with van der Waals surface area (Å²) in [4.78, 5) is 13.9. The van der Waals surface area contributed by atoms with Gasteiger partial charge in [0.15, 0.2) is 5.78 Å². The molecule has 78 valence electrons. The van der Waals surface area contributed by atoms with Gasteiger partial charge in [-0.25, -0.2) is 0 Å². The van der Waals surface area contributed by atoms with Crippen LogP contribution in [0.25, 0.3) is 0 Å². The van der Waals surface area contributed by atoms with Crippen LogP contribution < -0.4 is 0 Å². The highest BCUT2D eigenvalue weighted by Gasteiger charge is 2.03. The van der Waals surface area contributed by atoms with Gasteiger partial charge in [-0.2, -0.15) is 0 Å². The van der Waals surface area contributed by atoms with Gasteiger partial charge >= 0.3 is 0 Å². The van der Waals surface area contributed by atoms with Crippen LogP contribution in [0.15, 0.2) is 12.1 Å². The summed E-state index contributed by atoms with van der Waals surface area (Å²) in [5.41, 5.74) is 0. The third kappa shape index (κ3) is 3.60. The van der Waals surface area contributed by atoms with Crippen molar-refractivity contribution in [2.45, 2.75) is 26.2 Å². The van der Waals surface area contributed by atoms with Gasteiger partial charge in [-0.05, 0) is 25.0 Å². The summed E-state index contributed by atoms with van der Waals surface area (Å²) in [5, 5.41) is 0. The number of hydrogen-bond donors (Lipinski definition) is 0. The molecule has 0 aliphatic carbocycles. The lowest BCUT2D eigenvalue weighted by Crippen LogP contribution is -2.06. The molecule has 1 aromatic rings. The number of hydrogen-bond acceptors (Lipinski definition) is 3. The van der Waals surface area contributed by atoms with Gasteiger partial charge in [0.25, 0.3) is 0 Å². The monoisotopic (exact) mass is 212 g/mol. The SMILES string of the molecule is CCc1ccc(CCC(=O)COC)s1. The summed E-state index contributed by atoms with van der Waals surface area (Å²) in [7, 11) is 1.55. The summed E-state index contributed by atoms with van der Waals surface area (Å²) >= 11 is 1.80. The molecule has 3 heteroatoms. The van der Waals surface area contributed by atoms with E-state index < -0.39 is 0 Å². The molecule has 2 nitrogen and oxygen atoms in total. The number of ketones is 1. The van der Waals surface area contributed by atoms with E-state index in [1.54, 1.807) is 18.4 Å². The lowest BCUT2D eigenvalue weighted by atomic mass is 10.2. The highest BCUT2D eigenvalue weighted by molar-refractivity contribution is 7.11. The zero-order valence-corrected chi connectivity index (χ0v) is 9.52. The van der Waals surface area contributed by atoms with Crippen LogP contribution in [0, 0.1) is 0 Å². The van der Waals surface area contributed by atoms with Crippen LogP contribution in [0.1, 0.15) is 23.1 Å². The van der Waals surface area contributed by atoms with Crippen LogP contribution in [-0.2, 0) is 22.4 Å². The number of thiophene rings is 1. The smallest absolute Gasteiger partial charge is 0.158 e. The topological polar surface area (TPSA) is 26.3 Å². The molecule has 0 saturated carbocycles. The van der Waals surface area contributed by atoms with E-state index in [1.165, 1.54) is 9.75 Å². The van der Waals surface area contributed by atoms with Crippen LogP contribution in [-0.4, -0.2) is 19.5 Å². The molecule has 1 heterocycles. The first-order valence-electron chi connectivity index (χ1n) is 4.84. The molecule has 0 radical (unpaired) electrons. The molecule has 0 unspecified atom stereocenters. The zero-order chi connectivity index (χ0) is 10.4. The average Bonchev–Trinajstić information content (AvgIpc) is 2.63. The van der Waals surface area contributed by atoms with Gasteiger partial charge in [-0.3, -0.25) is 4.79 Å². The Morgan fingerprint density at radius 2 is 2.14 bits per heavy atom. The van der Waals surface area contributed by atoms with Gasteiger partial charge < -0.3 is 4.74 Å². The predicted octanol–water partition coefficient (Wildman–Crippen LogP) is 2.46. The van der Waals surface area contributed by atoms with E-state index >= 15 is 0 Å². The molecular formula is C11H16O2S. The van der Waals surface area contributed by atoms with Crippen molar-refractivity contribution in [3.05, 3.63) is 21.9 Å². The fourth-order valence-electron chi connectivity index (χ4n) is 1.24. The summed E-state index contributed by atoms with van der Waals surface area (Å²) in [6.07, 6.45) is 2.53. The van der Waals surface area contributed by atoms with E-state index in [0.717, 1.165) is 12.8 Å². The molecule has 0 spiro atoms. The van der Waals surface area contributed by atoms with Crippen LogP contribution in [0.4, 0.5) is 0 Å². The minimum Gasteiger partial charge on any atom is -0.377 e. The fourth-order valence-corrected chi connectivity index (χ4v) is 2.20. The molecule has 0 aliphatic heterocycles. The summed E-state index contributed by atoms with van der Waals surface area (Å²) < 4.78 is 4.77. The molecule has 1 aromatic heterocycles. The van der Waals surface area contributed by atoms with Crippen molar-refractivity contribution in [2.75, 3.05) is 13.7 Å². The number of carbonyl (C=O) groups is 1. The van der Waals surface area contributed by atoms with Crippen LogP contribution >= 0.6 is 11.3 Å². The van der Waals surface area contributed by atoms with E-state index in [2.05, 4.69) is 19.1 Å². The van der Waals surface area contributed by atoms with Crippen LogP contribution in [0.3, 0.4) is 0 Å². The van der Waals surface area contributed by atoms with Gasteiger partial charge in [-0.1, -0.05) is 6.92 Å². The van der Waals surface area contributed by atoms with E-state index in [-0.39, 0.29) is 12.4 Å². The van der Waals surface area contributed by atoms with Crippen LogP contribution in [0.5, 0.6) is 0 Å². The molecule has 1 rings (SSSR count). The fraction of sp³-hybridized carbons (Fsp3) is 0.545. The zero-order valence-electron chi connectivity index (χ0n) is 8.71. The Kier molecular flexibility index (Phi) is 4.84. The molecule has 0 atom stereocenters. The van der Waals surface area contributed by atoms with Crippen molar-refractivity contribution in [1.82, 2.24) is 0 Å². The van der Waals surface area contributed by atoms with Crippen molar-refractivity contribution in [3.8, 4) is 0 Å². The second kappa shape index (κ2) is 5.94. The van der Waals surface area contributed by atoms with E-state index in [4.69, 9.17) is 4.74 Å². The molecule has 0 amide bonds. The maximum absolute atomic E-state index is 11.2. The number of ether oxygens (including phenoxy) is 1. The molecule has 14 heavy (non-hydrogen) atoms. The largest absolute Gasteiger partial charge is 0.377 e. The number of methoxy groups -OCH3 is 1. The molecule has 0 N–H and O–H groups in total. The van der Waals surface area contributed by atoms with Crippen molar-refractivity contribution >= 4 is 17.1 Å². The third-order valence-corrected chi connectivity index (χ3v) is 3.31. The summed E-state index contributed by atoms with van der Waals surface area (Å²) in [5.74, 6) is 0.180. The van der Waals surface area contributed by atoms with Gasteiger partial charge in [-0.15, -0.1) is 11.3 Å². The first kappa shape index (κ1) is 11.4. The summed E-state index contributed by atoms with van der Waals surface area (Å²) in [6, 6.07) is 4.25. The quantitative estimate of drug-likeness (QED) is 0.724. The Labute approximate surface area is 88.9 Å². The maximum Gasteiger partial charge on any atom is 0.158 e. The Morgan fingerprint density at radius 3 is 2.71 bits per heavy atom. The highest BCUT2D eigenvalue weighted by atomic mass is 32.1. The Bertz CT molecular complexity index is 291. The number of aryl methyl sites for hydroxylation is 2. The average molecular weight is 212 g/mol. The molecule has 0 saturated heterocycles. The Morgan fingerprint density at radius 1 is 1.43 bits per heavy atom. The van der Waals surface area contributed by atoms with Gasteiger partial charge in [0.1, 0.15) is 6.61 Å². The minimum absolute atomic E-state index is 0.180. The van der Waals surface area contributed by atoms with Gasteiger partial charge in [0.05, 0.1) is 0 Å². The summed E-state index contributed by atoms with van der Waals surface area (Å²) in [6.45, 7) is 2.39. The van der Waals surface area contributed by atoms with Crippen molar-refractivity contribution in [2.24, 2.45) is 0 Å².